The van der Waals surface area contributed by atoms with Crippen LogP contribution in [0.1, 0.15) is 18.1 Å². The standard InChI is InChI=1S/C18H20F2N2O2/c1-3-13-6-4-5-12(2)17(13)22-18(23)21-9-10-24-14-7-8-15(19)16(20)11-14/h4-8,11H,3,9-10H2,1-2H3,(H2,21,22,23). The van der Waals surface area contributed by atoms with Crippen molar-refractivity contribution < 1.29 is 18.3 Å². The van der Waals surface area contributed by atoms with Crippen molar-refractivity contribution in [2.45, 2.75) is 20.3 Å². The Morgan fingerprint density at radius 2 is 1.96 bits per heavy atom. The number of rotatable bonds is 6. The topological polar surface area (TPSA) is 50.4 Å². The minimum absolute atomic E-state index is 0.146. The van der Waals surface area contributed by atoms with Gasteiger partial charge in [-0.25, -0.2) is 13.6 Å². The summed E-state index contributed by atoms with van der Waals surface area (Å²) < 4.78 is 31.1. The van der Waals surface area contributed by atoms with Crippen LogP contribution in [0.2, 0.25) is 0 Å². The van der Waals surface area contributed by atoms with Gasteiger partial charge in [-0.15, -0.1) is 0 Å². The normalized spacial score (nSPS) is 10.3. The predicted octanol–water partition coefficient (Wildman–Crippen LogP) is 4.04. The lowest BCUT2D eigenvalue weighted by Gasteiger charge is -2.14. The number of aryl methyl sites for hydroxylation is 2. The first-order valence-corrected chi connectivity index (χ1v) is 7.72. The molecule has 0 spiro atoms. The second kappa shape index (κ2) is 8.29. The molecule has 0 aliphatic heterocycles. The summed E-state index contributed by atoms with van der Waals surface area (Å²) in [5.41, 5.74) is 2.85. The number of nitrogens with one attached hydrogen (secondary N) is 2. The molecule has 0 unspecified atom stereocenters. The molecule has 0 saturated carbocycles. The zero-order chi connectivity index (χ0) is 17.5. The Hall–Kier alpha value is -2.63. The monoisotopic (exact) mass is 334 g/mol. The van der Waals surface area contributed by atoms with E-state index in [1.54, 1.807) is 0 Å². The van der Waals surface area contributed by atoms with Crippen LogP contribution in [-0.2, 0) is 6.42 Å². The summed E-state index contributed by atoms with van der Waals surface area (Å²) in [6.45, 7) is 4.33. The van der Waals surface area contributed by atoms with Crippen LogP contribution in [0.5, 0.6) is 5.75 Å². The van der Waals surface area contributed by atoms with Gasteiger partial charge in [0.1, 0.15) is 12.4 Å². The lowest BCUT2D eigenvalue weighted by molar-refractivity contribution is 0.247. The quantitative estimate of drug-likeness (QED) is 0.784. The molecule has 0 aromatic heterocycles. The van der Waals surface area contributed by atoms with Crippen molar-refractivity contribution in [3.8, 4) is 5.75 Å². The smallest absolute Gasteiger partial charge is 0.319 e. The number of benzene rings is 2. The summed E-state index contributed by atoms with van der Waals surface area (Å²) in [5, 5.41) is 5.49. The maximum absolute atomic E-state index is 13.0. The van der Waals surface area contributed by atoms with Crippen LogP contribution in [0, 0.1) is 18.6 Å². The fourth-order valence-electron chi connectivity index (χ4n) is 2.26. The van der Waals surface area contributed by atoms with Crippen LogP contribution in [0.3, 0.4) is 0 Å². The van der Waals surface area contributed by atoms with Gasteiger partial charge >= 0.3 is 6.03 Å². The number of hydrogen-bond donors (Lipinski definition) is 2. The molecule has 2 N–H and O–H groups in total. The second-order valence-corrected chi connectivity index (χ2v) is 5.27. The lowest BCUT2D eigenvalue weighted by atomic mass is 10.1. The number of halogens is 2. The number of carbonyl (C=O) groups is 1. The Labute approximate surface area is 139 Å². The fourth-order valence-corrected chi connectivity index (χ4v) is 2.26. The first-order chi connectivity index (χ1) is 11.5. The van der Waals surface area contributed by atoms with Gasteiger partial charge < -0.3 is 15.4 Å². The molecule has 0 aliphatic carbocycles. The fraction of sp³-hybridized carbons (Fsp3) is 0.278. The summed E-state index contributed by atoms with van der Waals surface area (Å²) in [6, 6.07) is 8.81. The molecule has 0 radical (unpaired) electrons. The molecule has 24 heavy (non-hydrogen) atoms. The molecule has 2 aromatic carbocycles. The molecule has 2 rings (SSSR count). The SMILES string of the molecule is CCc1cccc(C)c1NC(=O)NCCOc1ccc(F)c(F)c1. The van der Waals surface area contributed by atoms with Crippen molar-refractivity contribution in [1.82, 2.24) is 5.32 Å². The maximum atomic E-state index is 13.0. The Balaban J connectivity index is 1.80. The number of carbonyl (C=O) groups excluding carboxylic acids is 1. The van der Waals surface area contributed by atoms with Crippen molar-refractivity contribution >= 4 is 11.7 Å². The maximum Gasteiger partial charge on any atom is 0.319 e. The van der Waals surface area contributed by atoms with Gasteiger partial charge in [0.15, 0.2) is 11.6 Å². The minimum Gasteiger partial charge on any atom is -0.492 e. The van der Waals surface area contributed by atoms with Gasteiger partial charge in [-0.3, -0.25) is 0 Å². The van der Waals surface area contributed by atoms with E-state index < -0.39 is 11.6 Å². The van der Waals surface area contributed by atoms with E-state index in [-0.39, 0.29) is 24.9 Å². The molecule has 0 aliphatic rings. The molecule has 0 saturated heterocycles. The van der Waals surface area contributed by atoms with Gasteiger partial charge in [0.25, 0.3) is 0 Å². The van der Waals surface area contributed by atoms with Crippen molar-refractivity contribution in [2.75, 3.05) is 18.5 Å². The van der Waals surface area contributed by atoms with Crippen molar-refractivity contribution in [1.29, 1.82) is 0 Å². The van der Waals surface area contributed by atoms with E-state index in [1.807, 2.05) is 32.0 Å². The van der Waals surface area contributed by atoms with E-state index in [9.17, 15) is 13.6 Å². The van der Waals surface area contributed by atoms with Gasteiger partial charge in [-0.05, 0) is 36.6 Å². The number of hydrogen-bond acceptors (Lipinski definition) is 2. The summed E-state index contributed by atoms with van der Waals surface area (Å²) in [4.78, 5) is 12.0. The lowest BCUT2D eigenvalue weighted by Crippen LogP contribution is -2.32. The molecule has 2 aromatic rings. The first kappa shape index (κ1) is 17.7. The molecule has 2 amide bonds. The Morgan fingerprint density at radius 3 is 2.67 bits per heavy atom. The van der Waals surface area contributed by atoms with E-state index in [0.717, 1.165) is 35.4 Å². The van der Waals surface area contributed by atoms with Crippen molar-refractivity contribution in [2.24, 2.45) is 0 Å². The van der Waals surface area contributed by atoms with Gasteiger partial charge in [-0.2, -0.15) is 0 Å². The molecule has 0 fully saturated rings. The summed E-state index contributed by atoms with van der Waals surface area (Å²) in [6.07, 6.45) is 0.816. The molecule has 6 heteroatoms. The highest BCUT2D eigenvalue weighted by Crippen LogP contribution is 2.20. The summed E-state index contributed by atoms with van der Waals surface area (Å²) >= 11 is 0. The average molecular weight is 334 g/mol. The van der Waals surface area contributed by atoms with E-state index in [4.69, 9.17) is 4.74 Å². The van der Waals surface area contributed by atoms with Crippen LogP contribution >= 0.6 is 0 Å². The van der Waals surface area contributed by atoms with Gasteiger partial charge in [0.2, 0.25) is 0 Å². The number of urea groups is 1. The van der Waals surface area contributed by atoms with Crippen molar-refractivity contribution in [3.63, 3.8) is 0 Å². The predicted molar refractivity (Wildman–Crippen MR) is 89.4 cm³/mol. The molecular formula is C18H20F2N2O2. The molecule has 4 nitrogen and oxygen atoms in total. The average Bonchev–Trinajstić information content (AvgIpc) is 2.56. The zero-order valence-corrected chi connectivity index (χ0v) is 13.7. The van der Waals surface area contributed by atoms with E-state index in [0.29, 0.717) is 0 Å². The van der Waals surface area contributed by atoms with Crippen LogP contribution in [-0.4, -0.2) is 19.2 Å². The molecule has 0 atom stereocenters. The highest BCUT2D eigenvalue weighted by molar-refractivity contribution is 5.91. The van der Waals surface area contributed by atoms with E-state index in [2.05, 4.69) is 10.6 Å². The van der Waals surface area contributed by atoms with Gasteiger partial charge in [0, 0.05) is 11.8 Å². The van der Waals surface area contributed by atoms with Crippen LogP contribution < -0.4 is 15.4 Å². The van der Waals surface area contributed by atoms with Gasteiger partial charge in [0.05, 0.1) is 6.54 Å². The number of anilines is 1. The number of amides is 2. The van der Waals surface area contributed by atoms with Crippen molar-refractivity contribution in [3.05, 3.63) is 59.2 Å². The molecule has 0 heterocycles. The second-order valence-electron chi connectivity index (χ2n) is 5.27. The third-order valence-electron chi connectivity index (χ3n) is 3.53. The number of para-hydroxylation sites is 1. The molecule has 128 valence electrons. The third-order valence-corrected chi connectivity index (χ3v) is 3.53. The van der Waals surface area contributed by atoms with Gasteiger partial charge in [-0.1, -0.05) is 25.1 Å². The van der Waals surface area contributed by atoms with E-state index in [1.165, 1.54) is 6.07 Å². The van der Waals surface area contributed by atoms with Crippen LogP contribution in [0.4, 0.5) is 19.3 Å². The third kappa shape index (κ3) is 4.68. The highest BCUT2D eigenvalue weighted by Gasteiger charge is 2.08. The van der Waals surface area contributed by atoms with Crippen LogP contribution in [0.25, 0.3) is 0 Å². The minimum atomic E-state index is -0.968. The number of ether oxygens (including phenoxy) is 1. The Bertz CT molecular complexity index is 720. The summed E-state index contributed by atoms with van der Waals surface area (Å²) in [5.74, 6) is -1.68. The Kier molecular flexibility index (Phi) is 6.12. The first-order valence-electron chi connectivity index (χ1n) is 7.72. The Morgan fingerprint density at radius 1 is 1.17 bits per heavy atom. The molecular weight excluding hydrogens is 314 g/mol. The zero-order valence-electron chi connectivity index (χ0n) is 13.7. The molecule has 0 bridgehead atoms. The van der Waals surface area contributed by atoms with Crippen LogP contribution in [0.15, 0.2) is 36.4 Å². The summed E-state index contributed by atoms with van der Waals surface area (Å²) in [7, 11) is 0. The van der Waals surface area contributed by atoms with E-state index >= 15 is 0 Å². The highest BCUT2D eigenvalue weighted by atomic mass is 19.2. The largest absolute Gasteiger partial charge is 0.492 e.